The van der Waals surface area contributed by atoms with Crippen LogP contribution in [0.3, 0.4) is 0 Å². The summed E-state index contributed by atoms with van der Waals surface area (Å²) in [7, 11) is 4.13. The largest absolute Gasteiger partial charge is 0.371 e. The van der Waals surface area contributed by atoms with Gasteiger partial charge < -0.3 is 15.1 Å². The van der Waals surface area contributed by atoms with Crippen LogP contribution in [0.25, 0.3) is 22.2 Å². The molecule has 0 bridgehead atoms. The number of pyridine rings is 1. The molecular weight excluding hydrogens is 472 g/mol. The van der Waals surface area contributed by atoms with Gasteiger partial charge in [0, 0.05) is 61.6 Å². The number of fused-ring (bicyclic) bond motifs is 2. The van der Waals surface area contributed by atoms with Gasteiger partial charge >= 0.3 is 0 Å². The van der Waals surface area contributed by atoms with Crippen LogP contribution in [0.1, 0.15) is 34.3 Å². The quantitative estimate of drug-likeness (QED) is 0.436. The lowest BCUT2D eigenvalue weighted by atomic mass is 9.96. The van der Waals surface area contributed by atoms with E-state index in [2.05, 4.69) is 57.6 Å². The number of amides is 1. The molecule has 2 aromatic heterocycles. The van der Waals surface area contributed by atoms with Crippen molar-refractivity contribution in [3.63, 3.8) is 0 Å². The summed E-state index contributed by atoms with van der Waals surface area (Å²) in [6, 6.07) is 16.8. The number of carbonyl (C=O) groups excluding carboxylic acids is 1. The molecule has 0 radical (unpaired) electrons. The number of carbonyl (C=O) groups is 1. The Kier molecular flexibility index (Phi) is 5.34. The molecule has 2 saturated heterocycles. The molecule has 1 amide bonds. The second-order valence-corrected chi connectivity index (χ2v) is 11.7. The number of anilines is 1. The van der Waals surface area contributed by atoms with Crippen molar-refractivity contribution in [2.75, 3.05) is 38.1 Å². The molecule has 7 heteroatoms. The molecule has 1 N–H and O–H groups in total. The summed E-state index contributed by atoms with van der Waals surface area (Å²) in [5.41, 5.74) is 6.51. The molecule has 7 rings (SSSR count). The molecule has 2 aromatic carbocycles. The highest BCUT2D eigenvalue weighted by molar-refractivity contribution is 5.98. The number of aromatic nitrogens is 3. The first-order valence-corrected chi connectivity index (χ1v) is 13.6. The third kappa shape index (κ3) is 3.97. The number of aryl methyl sites for hydroxylation is 2. The fourth-order valence-electron chi connectivity index (χ4n) is 6.63. The zero-order chi connectivity index (χ0) is 26.0. The van der Waals surface area contributed by atoms with Crippen molar-refractivity contribution in [1.29, 1.82) is 0 Å². The van der Waals surface area contributed by atoms with Crippen molar-refractivity contribution in [2.24, 2.45) is 18.9 Å². The summed E-state index contributed by atoms with van der Waals surface area (Å²) in [6.07, 6.45) is 5.67. The SMILES string of the molecule is Cc1ccc(N2C[C@H]3CN(C)C[C@H]3C2)cc1C(=O)NC1(c2cc(-c3cnn(C)c3)nc3ccccc23)CC1. The number of benzene rings is 2. The number of hydrogen-bond donors (Lipinski definition) is 1. The molecule has 38 heavy (non-hydrogen) atoms. The van der Waals surface area contributed by atoms with Gasteiger partial charge in [0.15, 0.2) is 0 Å². The van der Waals surface area contributed by atoms with Crippen molar-refractivity contribution in [3.05, 3.63) is 77.6 Å². The Morgan fingerprint density at radius 3 is 2.47 bits per heavy atom. The smallest absolute Gasteiger partial charge is 0.252 e. The van der Waals surface area contributed by atoms with Crippen molar-refractivity contribution in [2.45, 2.75) is 25.3 Å². The van der Waals surface area contributed by atoms with Crippen molar-refractivity contribution in [1.82, 2.24) is 25.0 Å². The van der Waals surface area contributed by atoms with Gasteiger partial charge in [0.05, 0.1) is 22.9 Å². The van der Waals surface area contributed by atoms with E-state index in [1.54, 1.807) is 4.68 Å². The summed E-state index contributed by atoms with van der Waals surface area (Å²) in [5, 5.41) is 8.90. The first kappa shape index (κ1) is 23.4. The lowest BCUT2D eigenvalue weighted by molar-refractivity contribution is 0.0930. The van der Waals surface area contributed by atoms with E-state index in [-0.39, 0.29) is 11.4 Å². The Balaban J connectivity index is 1.20. The first-order valence-electron chi connectivity index (χ1n) is 13.6. The van der Waals surface area contributed by atoms with Gasteiger partial charge in [-0.15, -0.1) is 0 Å². The van der Waals surface area contributed by atoms with Crippen LogP contribution in [0, 0.1) is 18.8 Å². The molecule has 3 fully saturated rings. The second kappa shape index (κ2) is 8.67. The summed E-state index contributed by atoms with van der Waals surface area (Å²) in [5.74, 6) is 1.45. The molecule has 1 aliphatic carbocycles. The zero-order valence-corrected chi connectivity index (χ0v) is 22.3. The zero-order valence-electron chi connectivity index (χ0n) is 22.3. The van der Waals surface area contributed by atoms with E-state index in [1.807, 2.05) is 44.6 Å². The van der Waals surface area contributed by atoms with Crippen LogP contribution in [-0.2, 0) is 12.6 Å². The van der Waals surface area contributed by atoms with Crippen molar-refractivity contribution in [3.8, 4) is 11.3 Å². The molecule has 0 unspecified atom stereocenters. The summed E-state index contributed by atoms with van der Waals surface area (Å²) >= 11 is 0. The highest BCUT2D eigenvalue weighted by Crippen LogP contribution is 2.49. The minimum atomic E-state index is -0.381. The van der Waals surface area contributed by atoms with Gasteiger partial charge in [-0.3, -0.25) is 9.48 Å². The van der Waals surface area contributed by atoms with Gasteiger partial charge in [-0.1, -0.05) is 24.3 Å². The number of rotatable bonds is 5. The van der Waals surface area contributed by atoms with Crippen LogP contribution >= 0.6 is 0 Å². The Hall–Kier alpha value is -3.71. The van der Waals surface area contributed by atoms with Gasteiger partial charge in [0.1, 0.15) is 0 Å². The summed E-state index contributed by atoms with van der Waals surface area (Å²) in [6.45, 7) is 6.52. The van der Waals surface area contributed by atoms with E-state index in [1.165, 1.54) is 13.1 Å². The third-order valence-electron chi connectivity index (χ3n) is 8.83. The molecule has 1 saturated carbocycles. The molecule has 2 atom stereocenters. The summed E-state index contributed by atoms with van der Waals surface area (Å²) in [4.78, 5) is 23.7. The van der Waals surface area contributed by atoms with Gasteiger partial charge in [0.2, 0.25) is 0 Å². The number of likely N-dealkylation sites (tertiary alicyclic amines) is 1. The van der Waals surface area contributed by atoms with Crippen LogP contribution in [-0.4, -0.2) is 58.8 Å². The number of nitrogens with zero attached hydrogens (tertiary/aromatic N) is 5. The molecular formula is C31H34N6O. The van der Waals surface area contributed by atoms with Crippen LogP contribution in [0.15, 0.2) is 60.9 Å². The Morgan fingerprint density at radius 2 is 1.76 bits per heavy atom. The van der Waals surface area contributed by atoms with E-state index in [9.17, 15) is 4.79 Å². The topological polar surface area (TPSA) is 66.3 Å². The maximum atomic E-state index is 13.8. The standard InChI is InChI=1S/C31H34N6O/c1-20-8-9-24(37-18-22-15-35(2)16-23(22)19-37)12-26(20)30(38)34-31(10-11-31)27-13-29(21-14-32-36(3)17-21)33-28-7-5-4-6-25(27)28/h4-9,12-14,17,22-23H,10-11,15-16,18-19H2,1-3H3,(H,34,38)/t22-,23+. The molecule has 2 aliphatic heterocycles. The van der Waals surface area contributed by atoms with Gasteiger partial charge in [-0.25, -0.2) is 4.98 Å². The lowest BCUT2D eigenvalue weighted by Crippen LogP contribution is -2.35. The normalized spacial score (nSPS) is 22.1. The molecule has 7 nitrogen and oxygen atoms in total. The van der Waals surface area contributed by atoms with Crippen LogP contribution < -0.4 is 10.2 Å². The maximum absolute atomic E-state index is 13.8. The fourth-order valence-corrected chi connectivity index (χ4v) is 6.63. The maximum Gasteiger partial charge on any atom is 0.252 e. The molecule has 194 valence electrons. The number of para-hydroxylation sites is 1. The van der Waals surface area contributed by atoms with Crippen LogP contribution in [0.4, 0.5) is 5.69 Å². The molecule has 4 heterocycles. The summed E-state index contributed by atoms with van der Waals surface area (Å²) < 4.78 is 1.79. The average Bonchev–Trinajstić information content (AvgIpc) is 3.17. The van der Waals surface area contributed by atoms with E-state index in [0.717, 1.165) is 82.3 Å². The molecule has 3 aliphatic rings. The minimum absolute atomic E-state index is 0.00444. The predicted molar refractivity (Wildman–Crippen MR) is 150 cm³/mol. The van der Waals surface area contributed by atoms with Crippen LogP contribution in [0.2, 0.25) is 0 Å². The Bertz CT molecular complexity index is 1540. The van der Waals surface area contributed by atoms with E-state index in [4.69, 9.17) is 4.98 Å². The Labute approximate surface area is 223 Å². The predicted octanol–water partition coefficient (Wildman–Crippen LogP) is 4.36. The highest BCUT2D eigenvalue weighted by Gasteiger charge is 2.47. The molecule has 0 spiro atoms. The van der Waals surface area contributed by atoms with Crippen molar-refractivity contribution >= 4 is 22.5 Å². The minimum Gasteiger partial charge on any atom is -0.371 e. The average molecular weight is 507 g/mol. The fraction of sp³-hybridized carbons (Fsp3) is 0.387. The number of hydrogen-bond acceptors (Lipinski definition) is 5. The van der Waals surface area contributed by atoms with E-state index >= 15 is 0 Å². The lowest BCUT2D eigenvalue weighted by Gasteiger charge is -2.24. The molecule has 4 aromatic rings. The van der Waals surface area contributed by atoms with Gasteiger partial charge in [0.25, 0.3) is 5.91 Å². The van der Waals surface area contributed by atoms with Gasteiger partial charge in [-0.05, 0) is 74.0 Å². The van der Waals surface area contributed by atoms with E-state index < -0.39 is 0 Å². The third-order valence-corrected chi connectivity index (χ3v) is 8.83. The first-order chi connectivity index (χ1) is 18.4. The monoisotopic (exact) mass is 506 g/mol. The second-order valence-electron chi connectivity index (χ2n) is 11.7. The Morgan fingerprint density at radius 1 is 1.00 bits per heavy atom. The van der Waals surface area contributed by atoms with Crippen LogP contribution in [0.5, 0.6) is 0 Å². The van der Waals surface area contributed by atoms with Gasteiger partial charge in [-0.2, -0.15) is 5.10 Å². The highest BCUT2D eigenvalue weighted by atomic mass is 16.1. The van der Waals surface area contributed by atoms with E-state index in [0.29, 0.717) is 0 Å². The van der Waals surface area contributed by atoms with Crippen molar-refractivity contribution < 1.29 is 4.79 Å². The number of nitrogens with one attached hydrogen (secondary N) is 1.